The lowest BCUT2D eigenvalue weighted by Crippen LogP contribution is -2.34. The summed E-state index contributed by atoms with van der Waals surface area (Å²) in [5.74, 6) is -0.632. The standard InChI is InChI=1S/C18H26N2O/c1-3-5-12-20(13-6-4-2)15-18(21)17(14-19)16-10-8-7-9-11-16/h7-11,17H,3-6,12-13,15H2,1-2H3. The van der Waals surface area contributed by atoms with Crippen molar-refractivity contribution in [2.24, 2.45) is 0 Å². The van der Waals surface area contributed by atoms with Gasteiger partial charge in [-0.15, -0.1) is 0 Å². The maximum Gasteiger partial charge on any atom is 0.168 e. The molecule has 0 aliphatic heterocycles. The Labute approximate surface area is 128 Å². The SMILES string of the molecule is CCCCN(CCCC)CC(=O)C(C#N)c1ccccc1. The van der Waals surface area contributed by atoms with Gasteiger partial charge in [0.25, 0.3) is 0 Å². The van der Waals surface area contributed by atoms with E-state index >= 15 is 0 Å². The Morgan fingerprint density at radius 1 is 1.14 bits per heavy atom. The van der Waals surface area contributed by atoms with Crippen LogP contribution in [0.25, 0.3) is 0 Å². The fourth-order valence-electron chi connectivity index (χ4n) is 2.32. The lowest BCUT2D eigenvalue weighted by atomic mass is 9.96. The molecule has 0 N–H and O–H groups in total. The molecule has 3 heteroatoms. The van der Waals surface area contributed by atoms with Crippen LogP contribution in [-0.4, -0.2) is 30.3 Å². The summed E-state index contributed by atoms with van der Waals surface area (Å²) in [5.41, 5.74) is 0.802. The summed E-state index contributed by atoms with van der Waals surface area (Å²) in [6, 6.07) is 11.5. The lowest BCUT2D eigenvalue weighted by molar-refractivity contribution is -0.120. The topological polar surface area (TPSA) is 44.1 Å². The van der Waals surface area contributed by atoms with E-state index in [-0.39, 0.29) is 5.78 Å². The second-order valence-corrected chi connectivity index (χ2v) is 5.42. The molecule has 0 aliphatic rings. The number of carbonyl (C=O) groups is 1. The highest BCUT2D eigenvalue weighted by Crippen LogP contribution is 2.16. The Morgan fingerprint density at radius 2 is 1.71 bits per heavy atom. The molecule has 1 rings (SSSR count). The van der Waals surface area contributed by atoms with Gasteiger partial charge in [0, 0.05) is 0 Å². The molecular formula is C18H26N2O. The van der Waals surface area contributed by atoms with Gasteiger partial charge in [-0.1, -0.05) is 57.0 Å². The summed E-state index contributed by atoms with van der Waals surface area (Å²) in [7, 11) is 0. The van der Waals surface area contributed by atoms with E-state index in [9.17, 15) is 10.1 Å². The molecule has 0 saturated heterocycles. The summed E-state index contributed by atoms with van der Waals surface area (Å²) in [5, 5.41) is 9.33. The van der Waals surface area contributed by atoms with Crippen LogP contribution in [0.1, 0.15) is 51.0 Å². The monoisotopic (exact) mass is 286 g/mol. The van der Waals surface area contributed by atoms with Crippen molar-refractivity contribution in [3.05, 3.63) is 35.9 Å². The predicted octanol–water partition coefficient (Wildman–Crippen LogP) is 3.77. The Kier molecular flexibility index (Phi) is 8.38. The minimum Gasteiger partial charge on any atom is -0.296 e. The normalized spacial score (nSPS) is 12.1. The van der Waals surface area contributed by atoms with Gasteiger partial charge >= 0.3 is 0 Å². The molecule has 0 amide bonds. The summed E-state index contributed by atoms with van der Waals surface area (Å²) < 4.78 is 0. The molecule has 1 unspecified atom stereocenters. The molecule has 1 aromatic carbocycles. The van der Waals surface area contributed by atoms with Crippen LogP contribution >= 0.6 is 0 Å². The van der Waals surface area contributed by atoms with Gasteiger partial charge in [-0.25, -0.2) is 0 Å². The minimum absolute atomic E-state index is 0.0101. The number of hydrogen-bond acceptors (Lipinski definition) is 3. The van der Waals surface area contributed by atoms with Crippen molar-refractivity contribution < 1.29 is 4.79 Å². The van der Waals surface area contributed by atoms with Crippen LogP contribution in [0.2, 0.25) is 0 Å². The fourth-order valence-corrected chi connectivity index (χ4v) is 2.32. The van der Waals surface area contributed by atoms with Gasteiger partial charge in [0.2, 0.25) is 0 Å². The molecule has 0 aromatic heterocycles. The quantitative estimate of drug-likeness (QED) is 0.657. The second kappa shape index (κ2) is 10.1. The zero-order chi connectivity index (χ0) is 15.5. The van der Waals surface area contributed by atoms with E-state index in [0.717, 1.165) is 44.3 Å². The zero-order valence-electron chi connectivity index (χ0n) is 13.2. The predicted molar refractivity (Wildman–Crippen MR) is 86.1 cm³/mol. The third kappa shape index (κ3) is 6.10. The van der Waals surface area contributed by atoms with Crippen molar-refractivity contribution in [1.82, 2.24) is 4.90 Å². The first-order valence-corrected chi connectivity index (χ1v) is 7.92. The smallest absolute Gasteiger partial charge is 0.168 e. The van der Waals surface area contributed by atoms with E-state index in [2.05, 4.69) is 24.8 Å². The molecule has 0 bridgehead atoms. The molecule has 0 fully saturated rings. The van der Waals surface area contributed by atoms with Crippen LogP contribution in [0.3, 0.4) is 0 Å². The van der Waals surface area contributed by atoms with Crippen LogP contribution < -0.4 is 0 Å². The van der Waals surface area contributed by atoms with Gasteiger partial charge in [-0.2, -0.15) is 5.26 Å². The molecule has 0 saturated carbocycles. The Balaban J connectivity index is 2.67. The second-order valence-electron chi connectivity index (χ2n) is 5.42. The van der Waals surface area contributed by atoms with Crippen LogP contribution in [0.4, 0.5) is 0 Å². The first-order chi connectivity index (χ1) is 10.2. The van der Waals surface area contributed by atoms with Gasteiger partial charge in [-0.05, 0) is 31.5 Å². The maximum absolute atomic E-state index is 12.4. The maximum atomic E-state index is 12.4. The highest BCUT2D eigenvalue weighted by molar-refractivity contribution is 5.90. The van der Waals surface area contributed by atoms with Crippen LogP contribution in [0, 0.1) is 11.3 Å². The zero-order valence-corrected chi connectivity index (χ0v) is 13.2. The van der Waals surface area contributed by atoms with Crippen LogP contribution in [0.5, 0.6) is 0 Å². The number of ketones is 1. The fraction of sp³-hybridized carbons (Fsp3) is 0.556. The molecule has 0 aliphatic carbocycles. The molecule has 0 spiro atoms. The number of Topliss-reactive ketones (excluding diaryl/α,β-unsaturated/α-hetero) is 1. The van der Waals surface area contributed by atoms with Gasteiger partial charge < -0.3 is 0 Å². The lowest BCUT2D eigenvalue weighted by Gasteiger charge is -2.22. The number of unbranched alkanes of at least 4 members (excludes halogenated alkanes) is 2. The molecule has 1 aromatic rings. The number of hydrogen-bond donors (Lipinski definition) is 0. The van der Waals surface area contributed by atoms with E-state index in [4.69, 9.17) is 0 Å². The number of carbonyl (C=O) groups excluding carboxylic acids is 1. The van der Waals surface area contributed by atoms with Gasteiger partial charge in [-0.3, -0.25) is 9.69 Å². The Hall–Kier alpha value is -1.66. The number of nitriles is 1. The molecule has 21 heavy (non-hydrogen) atoms. The minimum atomic E-state index is -0.642. The molecule has 3 nitrogen and oxygen atoms in total. The van der Waals surface area contributed by atoms with E-state index in [1.165, 1.54) is 0 Å². The summed E-state index contributed by atoms with van der Waals surface area (Å²) in [6.45, 7) is 6.57. The Morgan fingerprint density at radius 3 is 2.19 bits per heavy atom. The number of benzene rings is 1. The van der Waals surface area contributed by atoms with Crippen LogP contribution in [-0.2, 0) is 4.79 Å². The average Bonchev–Trinajstić information content (AvgIpc) is 2.51. The molecular weight excluding hydrogens is 260 g/mol. The van der Waals surface area contributed by atoms with Crippen molar-refractivity contribution in [2.75, 3.05) is 19.6 Å². The van der Waals surface area contributed by atoms with Crippen molar-refractivity contribution in [1.29, 1.82) is 5.26 Å². The summed E-state index contributed by atoms with van der Waals surface area (Å²) in [6.07, 6.45) is 4.44. The third-order valence-electron chi connectivity index (χ3n) is 3.62. The van der Waals surface area contributed by atoms with Gasteiger partial charge in [0.1, 0.15) is 5.92 Å². The number of rotatable bonds is 10. The Bertz CT molecular complexity index is 442. The largest absolute Gasteiger partial charge is 0.296 e. The average molecular weight is 286 g/mol. The third-order valence-corrected chi connectivity index (χ3v) is 3.62. The molecule has 1 atom stereocenters. The van der Waals surface area contributed by atoms with Crippen molar-refractivity contribution in [2.45, 2.75) is 45.4 Å². The summed E-state index contributed by atoms with van der Waals surface area (Å²) in [4.78, 5) is 14.6. The van der Waals surface area contributed by atoms with E-state index < -0.39 is 5.92 Å². The number of nitrogens with zero attached hydrogens (tertiary/aromatic N) is 2. The van der Waals surface area contributed by atoms with Crippen molar-refractivity contribution in [3.63, 3.8) is 0 Å². The molecule has 114 valence electrons. The van der Waals surface area contributed by atoms with Crippen LogP contribution in [0.15, 0.2) is 30.3 Å². The van der Waals surface area contributed by atoms with Gasteiger partial charge in [0.05, 0.1) is 12.6 Å². The van der Waals surface area contributed by atoms with Crippen molar-refractivity contribution >= 4 is 5.78 Å². The highest BCUT2D eigenvalue weighted by atomic mass is 16.1. The van der Waals surface area contributed by atoms with Crippen molar-refractivity contribution in [3.8, 4) is 6.07 Å². The van der Waals surface area contributed by atoms with Gasteiger partial charge in [0.15, 0.2) is 5.78 Å². The van der Waals surface area contributed by atoms with E-state index in [1.54, 1.807) is 0 Å². The first kappa shape index (κ1) is 17.4. The summed E-state index contributed by atoms with van der Waals surface area (Å²) >= 11 is 0. The van der Waals surface area contributed by atoms with E-state index in [0.29, 0.717) is 6.54 Å². The first-order valence-electron chi connectivity index (χ1n) is 7.92. The molecule has 0 heterocycles. The van der Waals surface area contributed by atoms with E-state index in [1.807, 2.05) is 30.3 Å². The molecule has 0 radical (unpaired) electrons. The highest BCUT2D eigenvalue weighted by Gasteiger charge is 2.21.